The summed E-state index contributed by atoms with van der Waals surface area (Å²) in [5, 5.41) is 4.72. The number of aromatic nitrogens is 9. The summed E-state index contributed by atoms with van der Waals surface area (Å²) in [5.74, 6) is -0.0945. The zero-order chi connectivity index (χ0) is 93.8. The molecule has 8 aromatic carbocycles. The standard InChI is InChI=1S/C27H28FN3O2S.C27H27FN2O2S.C26H26FN3O2S.C25H24FN3O2S2/c1-15(2)25-26(16(3)31-27(25)23-13-19(28)14-24-20(23)8-9-29-24)21-6-4-5-18-11-17(12-22(18)21)7-10-30-34(32)33;1-15(2)25-26(21-6-4-5-18-11-17(12-22(18)21)8-10-33(31)32)16(3)30-27(25)23-13-19(28)14-24-20(23)7-9-29-24;1-14(2)24-25(20-6-4-5-17-9-16(10-21(17)20)13-29-33(31)32)15(3)30-26(24)22-11-18(27)12-23-19(22)7-8-28-23;1-13(2)22-23(17-5-4-6-19-25(17)32-21(29-19)8-10-33(30)31)14(3)28-24(22)18-11-15(26)12-20-16(18)7-9-27-20/h4-6,8-9,12-15,29-31H,7,10-11H2,1-3H3,(H,32,33);4-7,9,12-15,29-30H,8,10-11H2,1-3H3,(H,31,32);4-8,10-12,14,28-30H,9,13H2,1-3H3,(H,31,32);4-7,9,11-13,27-28H,8,10H2,1-3H3,(H,30,31)/p-4. The molecule has 9 heterocycles. The fourth-order valence-corrected chi connectivity index (χ4v) is 22.6. The van der Waals surface area contributed by atoms with Gasteiger partial charge in [0.15, 0.2) is 0 Å². The molecule has 3 aliphatic rings. The molecule has 20 rings (SSSR count). The van der Waals surface area contributed by atoms with Gasteiger partial charge in [-0.3, -0.25) is 16.8 Å². The van der Waals surface area contributed by atoms with E-state index in [0.29, 0.717) is 38.8 Å². The predicted molar refractivity (Wildman–Crippen MR) is 532 cm³/mol. The average molecular weight is 1880 g/mol. The minimum atomic E-state index is -2.29. The molecule has 133 heavy (non-hydrogen) atoms. The molecule has 0 amide bonds. The Balaban J connectivity index is 0.000000124. The third-order valence-electron chi connectivity index (χ3n) is 25.4. The quantitative estimate of drug-likeness (QED) is 0.0192. The lowest BCUT2D eigenvalue weighted by atomic mass is 9.88. The van der Waals surface area contributed by atoms with Crippen molar-refractivity contribution in [2.24, 2.45) is 0 Å². The number of H-pyrrole nitrogens is 8. The summed E-state index contributed by atoms with van der Waals surface area (Å²) in [4.78, 5) is 31.4. The number of nitrogens with one attached hydrogen (secondary N) is 10. The summed E-state index contributed by atoms with van der Waals surface area (Å²) in [6.45, 7) is 26.2. The van der Waals surface area contributed by atoms with Crippen LogP contribution in [-0.4, -0.2) is 104 Å². The first kappa shape index (κ1) is 93.1. The molecule has 10 N–H and O–H groups in total. The highest BCUT2D eigenvalue weighted by Gasteiger charge is 2.32. The highest BCUT2D eigenvalue weighted by atomic mass is 32.2. The van der Waals surface area contributed by atoms with Gasteiger partial charge < -0.3 is 58.1 Å². The van der Waals surface area contributed by atoms with Crippen molar-refractivity contribution in [1.82, 2.24) is 54.3 Å². The van der Waals surface area contributed by atoms with Gasteiger partial charge in [0, 0.05) is 195 Å². The van der Waals surface area contributed by atoms with Gasteiger partial charge in [0.2, 0.25) is 0 Å². The van der Waals surface area contributed by atoms with Gasteiger partial charge in [-0.1, -0.05) is 179 Å². The third kappa shape index (κ3) is 19.0. The molecule has 686 valence electrons. The van der Waals surface area contributed by atoms with E-state index in [0.717, 1.165) is 223 Å². The summed E-state index contributed by atoms with van der Waals surface area (Å²) >= 11 is -7.13. The normalized spacial score (nSPS) is 13.8. The number of nitrogens with zero attached hydrogens (tertiary/aromatic N) is 1. The van der Waals surface area contributed by atoms with Crippen LogP contribution in [0, 0.1) is 51.0 Å². The van der Waals surface area contributed by atoms with Crippen molar-refractivity contribution in [2.45, 2.75) is 145 Å². The van der Waals surface area contributed by atoms with Crippen molar-refractivity contribution in [3.05, 3.63) is 294 Å². The van der Waals surface area contributed by atoms with E-state index in [1.165, 1.54) is 69.0 Å². The molecule has 9 aromatic heterocycles. The maximum absolute atomic E-state index is 14.5. The van der Waals surface area contributed by atoms with Gasteiger partial charge >= 0.3 is 0 Å². The maximum atomic E-state index is 14.5. The highest BCUT2D eigenvalue weighted by Crippen LogP contribution is 2.51. The highest BCUT2D eigenvalue weighted by molar-refractivity contribution is 7.79. The SMILES string of the molecule is Cc1[nH]c(-c2cc(F)cc3[nH]ccc23)c(C(C)C)c1-c1cccc2c1C=C(CCNS(=O)[O-])C2.Cc1[nH]c(-c2cc(F)cc3[nH]ccc23)c(C(C)C)c1-c1cccc2c1C=C(CCS(=O)[O-])C2.Cc1[nH]c(-c2cc(F)cc3[nH]ccc23)c(C(C)C)c1-c1cccc2c1C=C(CNS(=O)[O-])C2.Cc1[nH]c(-c2cc(F)cc3[nH]ccc23)c(C(C)C)c1-c1cccc2nc(CCS(=O)[O-])sc12. The van der Waals surface area contributed by atoms with Crippen molar-refractivity contribution in [1.29, 1.82) is 0 Å². The monoisotopic (exact) mass is 1880 g/mol. The molecule has 0 aliphatic heterocycles. The molecular formula is C105H101F4N11O8S5-4. The Kier molecular flexibility index (Phi) is 27.3. The zero-order valence-corrected chi connectivity index (χ0v) is 79.6. The van der Waals surface area contributed by atoms with Crippen molar-refractivity contribution < 1.29 is 52.6 Å². The molecule has 0 radical (unpaired) electrons. The average Bonchev–Trinajstić information content (AvgIpc) is 1.61. The molecule has 17 aromatic rings. The second-order valence-corrected chi connectivity index (χ2v) is 40.3. The second kappa shape index (κ2) is 39.0. The van der Waals surface area contributed by atoms with Crippen LogP contribution in [0.3, 0.4) is 0 Å². The topological polar surface area (TPSA) is 324 Å². The summed E-state index contributed by atoms with van der Waals surface area (Å²) in [6.07, 6.45) is 17.7. The zero-order valence-electron chi connectivity index (χ0n) is 75.5. The van der Waals surface area contributed by atoms with Gasteiger partial charge in [0.05, 0.1) is 38.0 Å². The molecule has 28 heteroatoms. The van der Waals surface area contributed by atoms with Crippen LogP contribution in [0.4, 0.5) is 17.6 Å². The summed E-state index contributed by atoms with van der Waals surface area (Å²) in [5.41, 5.74) is 39.3. The summed E-state index contributed by atoms with van der Waals surface area (Å²) in [6, 6.07) is 45.4. The van der Waals surface area contributed by atoms with Crippen LogP contribution in [0.15, 0.2) is 187 Å². The van der Waals surface area contributed by atoms with E-state index in [4.69, 9.17) is 0 Å². The Hall–Kier alpha value is -11.8. The van der Waals surface area contributed by atoms with E-state index in [1.54, 1.807) is 24.3 Å². The first-order chi connectivity index (χ1) is 63.8. The van der Waals surface area contributed by atoms with Gasteiger partial charge in [-0.25, -0.2) is 32.0 Å². The van der Waals surface area contributed by atoms with Gasteiger partial charge in [-0.15, -0.1) is 11.3 Å². The first-order valence-corrected chi connectivity index (χ1v) is 49.9. The van der Waals surface area contributed by atoms with E-state index >= 15 is 0 Å². The van der Waals surface area contributed by atoms with Crippen LogP contribution >= 0.6 is 11.3 Å². The number of aromatic amines is 8. The maximum Gasteiger partial charge on any atom is 0.125 e. The number of halogens is 4. The number of benzene rings is 8. The van der Waals surface area contributed by atoms with Crippen LogP contribution in [0.1, 0.15) is 175 Å². The number of allylic oxidation sites excluding steroid dienone is 1. The Morgan fingerprint density at radius 1 is 0.383 bits per heavy atom. The number of thiazole rings is 1. The van der Waals surface area contributed by atoms with Crippen molar-refractivity contribution in [2.75, 3.05) is 24.6 Å². The second-order valence-electron chi connectivity index (χ2n) is 35.6. The largest absolute Gasteiger partial charge is 0.772 e. The number of rotatable bonds is 25. The lowest BCUT2D eigenvalue weighted by molar-refractivity contribution is 0.522. The molecule has 3 aliphatic carbocycles. The number of aryl methyl sites for hydroxylation is 5. The molecule has 19 nitrogen and oxygen atoms in total. The molecule has 0 fully saturated rings. The molecular weight excluding hydrogens is 1780 g/mol. The smallest absolute Gasteiger partial charge is 0.125 e. The lowest BCUT2D eigenvalue weighted by Gasteiger charge is -2.15. The lowest BCUT2D eigenvalue weighted by Crippen LogP contribution is -2.19. The van der Waals surface area contributed by atoms with Crippen LogP contribution < -0.4 is 9.44 Å². The van der Waals surface area contributed by atoms with E-state index in [1.807, 2.05) is 74.2 Å². The Morgan fingerprint density at radius 2 is 0.699 bits per heavy atom. The van der Waals surface area contributed by atoms with Crippen LogP contribution in [0.2, 0.25) is 0 Å². The fourth-order valence-electron chi connectivity index (χ4n) is 20.0. The van der Waals surface area contributed by atoms with E-state index in [-0.39, 0.29) is 58.4 Å². The number of fused-ring (bicyclic) bond motifs is 8. The van der Waals surface area contributed by atoms with Crippen molar-refractivity contribution in [3.63, 3.8) is 0 Å². The van der Waals surface area contributed by atoms with Gasteiger partial charge in [0.25, 0.3) is 0 Å². The Bertz CT molecular complexity index is 7370. The van der Waals surface area contributed by atoms with Gasteiger partial charge in [0.1, 0.15) is 23.3 Å². The van der Waals surface area contributed by atoms with Crippen molar-refractivity contribution >= 4 is 128 Å². The number of hydrogen-bond acceptors (Lipinski definition) is 10. The fraction of sp³-hybridized carbons (Fsp3) is 0.248. The van der Waals surface area contributed by atoms with Crippen LogP contribution in [0.5, 0.6) is 0 Å². The number of hydrogen-bond donors (Lipinski definition) is 10. The first-order valence-electron chi connectivity index (χ1n) is 44.4. The molecule has 4 unspecified atom stereocenters. The Labute approximate surface area is 782 Å². The van der Waals surface area contributed by atoms with E-state index in [9.17, 15) is 52.6 Å². The van der Waals surface area contributed by atoms with Gasteiger partial charge in [-0.05, 0) is 235 Å². The molecule has 0 saturated heterocycles. The molecule has 0 saturated carbocycles. The van der Waals surface area contributed by atoms with Crippen molar-refractivity contribution in [3.8, 4) is 89.5 Å². The van der Waals surface area contributed by atoms with E-state index in [2.05, 4.69) is 203 Å². The molecule has 0 bridgehead atoms. The van der Waals surface area contributed by atoms with Crippen LogP contribution in [0.25, 0.3) is 162 Å². The van der Waals surface area contributed by atoms with Gasteiger partial charge in [-0.2, -0.15) is 0 Å². The van der Waals surface area contributed by atoms with Crippen LogP contribution in [-0.2, 0) is 70.4 Å². The third-order valence-corrected chi connectivity index (χ3v) is 28.5. The Morgan fingerprint density at radius 3 is 1.05 bits per heavy atom. The summed E-state index contributed by atoms with van der Waals surface area (Å²) < 4.78 is 152. The predicted octanol–water partition coefficient (Wildman–Crippen LogP) is 24.9. The summed E-state index contributed by atoms with van der Waals surface area (Å²) in [7, 11) is 0. The molecule has 4 atom stereocenters. The minimum absolute atomic E-state index is 0.0615. The molecule has 0 spiro atoms. The van der Waals surface area contributed by atoms with E-state index < -0.39 is 44.7 Å². The minimum Gasteiger partial charge on any atom is -0.772 e.